The van der Waals surface area contributed by atoms with Gasteiger partial charge in [0.2, 0.25) is 5.91 Å². The molecule has 23 heavy (non-hydrogen) atoms. The van der Waals surface area contributed by atoms with Crippen molar-refractivity contribution in [2.75, 3.05) is 11.9 Å². The van der Waals surface area contributed by atoms with Crippen LogP contribution in [0.4, 0.5) is 5.69 Å². The van der Waals surface area contributed by atoms with Crippen molar-refractivity contribution in [2.45, 2.75) is 13.8 Å². The normalized spacial score (nSPS) is 11.0. The monoisotopic (exact) mass is 329 g/mol. The largest absolute Gasteiger partial charge is 0.491 e. The quantitative estimate of drug-likeness (QED) is 0.755. The summed E-state index contributed by atoms with van der Waals surface area (Å²) in [4.78, 5) is 12.1. The van der Waals surface area contributed by atoms with Crippen molar-refractivity contribution in [1.82, 2.24) is 0 Å². The highest BCUT2D eigenvalue weighted by atomic mass is 35.5. The zero-order chi connectivity index (χ0) is 16.7. The second kappa shape index (κ2) is 8.39. The van der Waals surface area contributed by atoms with Crippen molar-refractivity contribution < 1.29 is 9.53 Å². The summed E-state index contributed by atoms with van der Waals surface area (Å²) >= 11 is 5.83. The molecule has 0 aliphatic rings. The van der Waals surface area contributed by atoms with Crippen molar-refractivity contribution in [2.24, 2.45) is 5.92 Å². The van der Waals surface area contributed by atoms with Crippen molar-refractivity contribution in [3.63, 3.8) is 0 Å². The Morgan fingerprint density at radius 2 is 1.87 bits per heavy atom. The van der Waals surface area contributed by atoms with Crippen molar-refractivity contribution in [3.05, 3.63) is 65.2 Å². The summed E-state index contributed by atoms with van der Waals surface area (Å²) in [6.45, 7) is 4.76. The maximum atomic E-state index is 12.1. The predicted octanol–water partition coefficient (Wildman–Crippen LogP) is 5.03. The Labute approximate surface area is 141 Å². The van der Waals surface area contributed by atoms with Gasteiger partial charge >= 0.3 is 0 Å². The van der Waals surface area contributed by atoms with Gasteiger partial charge in [-0.15, -0.1) is 0 Å². The Morgan fingerprint density at radius 3 is 2.57 bits per heavy atom. The van der Waals surface area contributed by atoms with Crippen LogP contribution in [-0.2, 0) is 4.79 Å². The van der Waals surface area contributed by atoms with E-state index in [9.17, 15) is 4.79 Å². The number of anilines is 1. The van der Waals surface area contributed by atoms with Crippen molar-refractivity contribution in [3.8, 4) is 5.75 Å². The highest BCUT2D eigenvalue weighted by Crippen LogP contribution is 2.24. The molecule has 4 heteroatoms. The van der Waals surface area contributed by atoms with E-state index in [1.807, 2.05) is 36.4 Å². The highest BCUT2D eigenvalue weighted by molar-refractivity contribution is 6.30. The summed E-state index contributed by atoms with van der Waals surface area (Å²) < 4.78 is 5.72. The number of ether oxygens (including phenoxy) is 1. The molecule has 0 spiro atoms. The molecule has 0 aliphatic heterocycles. The summed E-state index contributed by atoms with van der Waals surface area (Å²) in [5.74, 6) is 0.888. The van der Waals surface area contributed by atoms with Crippen molar-refractivity contribution >= 4 is 29.3 Å². The molecule has 2 aromatic carbocycles. The second-order valence-corrected chi connectivity index (χ2v) is 6.01. The molecule has 2 rings (SSSR count). The first-order valence-electron chi connectivity index (χ1n) is 7.51. The highest BCUT2D eigenvalue weighted by Gasteiger charge is 2.06. The summed E-state index contributed by atoms with van der Waals surface area (Å²) in [7, 11) is 0. The number of nitrogens with one attached hydrogen (secondary N) is 1. The van der Waals surface area contributed by atoms with Gasteiger partial charge in [-0.25, -0.2) is 0 Å². The third-order valence-electron chi connectivity index (χ3n) is 3.01. The summed E-state index contributed by atoms with van der Waals surface area (Å²) in [5.41, 5.74) is 1.58. The fourth-order valence-corrected chi connectivity index (χ4v) is 2.00. The van der Waals surface area contributed by atoms with E-state index in [4.69, 9.17) is 16.3 Å². The Hall–Kier alpha value is -2.26. The maximum absolute atomic E-state index is 12.1. The van der Waals surface area contributed by atoms with E-state index in [0.717, 1.165) is 5.56 Å². The predicted molar refractivity (Wildman–Crippen MR) is 95.9 cm³/mol. The van der Waals surface area contributed by atoms with E-state index in [1.54, 1.807) is 18.2 Å². The Kier molecular flexibility index (Phi) is 6.24. The van der Waals surface area contributed by atoms with Gasteiger partial charge in [0.15, 0.2) is 0 Å². The molecule has 0 aromatic heterocycles. The number of halogens is 1. The molecule has 0 saturated carbocycles. The van der Waals surface area contributed by atoms with Gasteiger partial charge in [0.1, 0.15) is 5.75 Å². The fraction of sp³-hybridized carbons (Fsp3) is 0.211. The number of carbonyl (C=O) groups excluding carboxylic acids is 1. The van der Waals surface area contributed by atoms with Gasteiger partial charge in [0.25, 0.3) is 0 Å². The van der Waals surface area contributed by atoms with Gasteiger partial charge in [0.05, 0.1) is 12.3 Å². The molecule has 0 heterocycles. The number of benzene rings is 2. The minimum Gasteiger partial charge on any atom is -0.491 e. The summed E-state index contributed by atoms with van der Waals surface area (Å²) in [6.07, 6.45) is 3.23. The number of amides is 1. The number of rotatable bonds is 6. The van der Waals surface area contributed by atoms with E-state index in [1.165, 1.54) is 6.08 Å². The average Bonchev–Trinajstić information content (AvgIpc) is 2.53. The Morgan fingerprint density at radius 1 is 1.17 bits per heavy atom. The van der Waals surface area contributed by atoms with E-state index >= 15 is 0 Å². The lowest BCUT2D eigenvalue weighted by molar-refractivity contribution is -0.111. The Bertz CT molecular complexity index is 678. The van der Waals surface area contributed by atoms with Crippen LogP contribution in [0.5, 0.6) is 5.75 Å². The fourth-order valence-electron chi connectivity index (χ4n) is 1.87. The first-order valence-corrected chi connectivity index (χ1v) is 7.89. The molecular weight excluding hydrogens is 310 g/mol. The van der Waals surface area contributed by atoms with Crippen molar-refractivity contribution in [1.29, 1.82) is 0 Å². The Balaban J connectivity index is 2.01. The third kappa shape index (κ3) is 5.80. The molecule has 2 aromatic rings. The van der Waals surface area contributed by atoms with Crippen LogP contribution in [0.3, 0.4) is 0 Å². The summed E-state index contributed by atoms with van der Waals surface area (Å²) in [6, 6.07) is 14.7. The first kappa shape index (κ1) is 17.1. The minimum atomic E-state index is -0.208. The van der Waals surface area contributed by atoms with Crippen LogP contribution < -0.4 is 10.1 Å². The number of para-hydroxylation sites is 2. The number of hydrogen-bond donors (Lipinski definition) is 1. The van der Waals surface area contributed by atoms with E-state index in [-0.39, 0.29) is 5.91 Å². The molecule has 0 atom stereocenters. The molecule has 3 nitrogen and oxygen atoms in total. The molecule has 120 valence electrons. The molecule has 0 fully saturated rings. The van der Waals surface area contributed by atoms with Gasteiger partial charge in [0, 0.05) is 11.1 Å². The second-order valence-electron chi connectivity index (χ2n) is 5.58. The lowest BCUT2D eigenvalue weighted by Crippen LogP contribution is -2.11. The van der Waals surface area contributed by atoms with Crippen LogP contribution >= 0.6 is 11.6 Å². The molecule has 0 radical (unpaired) electrons. The van der Waals surface area contributed by atoms with Crippen LogP contribution in [0.25, 0.3) is 6.08 Å². The average molecular weight is 330 g/mol. The van der Waals surface area contributed by atoms with Crippen LogP contribution in [0.15, 0.2) is 54.6 Å². The van der Waals surface area contributed by atoms with Crippen LogP contribution in [-0.4, -0.2) is 12.5 Å². The standard InChI is InChI=1S/C19H20ClNO2/c1-14(2)13-23-18-6-4-3-5-17(18)21-19(22)12-9-15-7-10-16(20)11-8-15/h3-12,14H,13H2,1-2H3,(H,21,22)/b12-9+. The van der Waals surface area contributed by atoms with Crippen LogP contribution in [0, 0.1) is 5.92 Å². The van der Waals surface area contributed by atoms with Gasteiger partial charge in [-0.1, -0.05) is 49.7 Å². The summed E-state index contributed by atoms with van der Waals surface area (Å²) in [5, 5.41) is 3.51. The van der Waals surface area contributed by atoms with E-state index < -0.39 is 0 Å². The number of carbonyl (C=O) groups is 1. The molecule has 1 N–H and O–H groups in total. The molecular formula is C19H20ClNO2. The molecule has 0 saturated heterocycles. The zero-order valence-electron chi connectivity index (χ0n) is 13.3. The molecule has 1 amide bonds. The third-order valence-corrected chi connectivity index (χ3v) is 3.27. The van der Waals surface area contributed by atoms with Crippen LogP contribution in [0.2, 0.25) is 5.02 Å². The van der Waals surface area contributed by atoms with E-state index in [2.05, 4.69) is 19.2 Å². The molecule has 0 bridgehead atoms. The van der Waals surface area contributed by atoms with Gasteiger partial charge in [-0.2, -0.15) is 0 Å². The lowest BCUT2D eigenvalue weighted by Gasteiger charge is -2.13. The lowest BCUT2D eigenvalue weighted by atomic mass is 10.2. The zero-order valence-corrected chi connectivity index (χ0v) is 14.0. The first-order chi connectivity index (χ1) is 11.0. The smallest absolute Gasteiger partial charge is 0.248 e. The number of hydrogen-bond acceptors (Lipinski definition) is 2. The maximum Gasteiger partial charge on any atom is 0.248 e. The molecule has 0 aliphatic carbocycles. The van der Waals surface area contributed by atoms with Gasteiger partial charge in [-0.3, -0.25) is 4.79 Å². The molecule has 0 unspecified atom stereocenters. The topological polar surface area (TPSA) is 38.3 Å². The van der Waals surface area contributed by atoms with Crippen LogP contribution in [0.1, 0.15) is 19.4 Å². The minimum absolute atomic E-state index is 0.208. The van der Waals surface area contributed by atoms with Gasteiger partial charge in [-0.05, 0) is 41.8 Å². The van der Waals surface area contributed by atoms with E-state index in [0.29, 0.717) is 29.0 Å². The SMILES string of the molecule is CC(C)COc1ccccc1NC(=O)/C=C/c1ccc(Cl)cc1. The van der Waals surface area contributed by atoms with Gasteiger partial charge < -0.3 is 10.1 Å².